The zero-order valence-electron chi connectivity index (χ0n) is 7.24. The largest absolute Gasteiger partial charge is 0.508 e. The number of carbonyl (C=O) groups is 1. The van der Waals surface area contributed by atoms with Crippen LogP contribution in [0.15, 0.2) is 12.1 Å². The quantitative estimate of drug-likeness (QED) is 0.618. The third-order valence-electron chi connectivity index (χ3n) is 1.79. The number of phenols is 2. The Morgan fingerprint density at radius 1 is 1.46 bits per heavy atom. The number of nitrogens with two attached hydrogens (primary N) is 1. The van der Waals surface area contributed by atoms with Gasteiger partial charge in [0.05, 0.1) is 6.42 Å². The SMILES string of the molecule is Cc1cc(O)cc(O)c1CC(N)=O. The van der Waals surface area contributed by atoms with Gasteiger partial charge >= 0.3 is 0 Å². The lowest BCUT2D eigenvalue weighted by atomic mass is 10.0. The highest BCUT2D eigenvalue weighted by Gasteiger charge is 2.09. The summed E-state index contributed by atoms with van der Waals surface area (Å²) < 4.78 is 0. The van der Waals surface area contributed by atoms with Gasteiger partial charge in [-0.05, 0) is 18.6 Å². The summed E-state index contributed by atoms with van der Waals surface area (Å²) in [6.45, 7) is 1.69. The van der Waals surface area contributed by atoms with Gasteiger partial charge in [0.1, 0.15) is 11.5 Å². The fraction of sp³-hybridized carbons (Fsp3) is 0.222. The highest BCUT2D eigenvalue weighted by Crippen LogP contribution is 2.26. The van der Waals surface area contributed by atoms with Crippen LogP contribution in [0.1, 0.15) is 11.1 Å². The van der Waals surface area contributed by atoms with Gasteiger partial charge in [0.15, 0.2) is 0 Å². The molecule has 4 heteroatoms. The highest BCUT2D eigenvalue weighted by atomic mass is 16.3. The van der Waals surface area contributed by atoms with E-state index in [-0.39, 0.29) is 17.9 Å². The van der Waals surface area contributed by atoms with Crippen molar-refractivity contribution in [2.24, 2.45) is 5.73 Å². The molecule has 0 spiro atoms. The summed E-state index contributed by atoms with van der Waals surface area (Å²) in [6.07, 6.45) is -0.0159. The van der Waals surface area contributed by atoms with Crippen LogP contribution >= 0.6 is 0 Å². The van der Waals surface area contributed by atoms with Crippen LogP contribution in [0.4, 0.5) is 0 Å². The van der Waals surface area contributed by atoms with Crippen LogP contribution < -0.4 is 5.73 Å². The zero-order chi connectivity index (χ0) is 10.0. The topological polar surface area (TPSA) is 83.6 Å². The number of rotatable bonds is 2. The molecule has 0 aliphatic heterocycles. The van der Waals surface area contributed by atoms with Crippen LogP contribution in [0.3, 0.4) is 0 Å². The van der Waals surface area contributed by atoms with Gasteiger partial charge < -0.3 is 15.9 Å². The third kappa shape index (κ3) is 2.11. The number of hydrogen-bond donors (Lipinski definition) is 3. The molecular weight excluding hydrogens is 170 g/mol. The van der Waals surface area contributed by atoms with Crippen molar-refractivity contribution in [3.8, 4) is 11.5 Å². The van der Waals surface area contributed by atoms with Crippen LogP contribution in [-0.4, -0.2) is 16.1 Å². The van der Waals surface area contributed by atoms with Gasteiger partial charge in [-0.1, -0.05) is 0 Å². The van der Waals surface area contributed by atoms with Crippen molar-refractivity contribution in [2.75, 3.05) is 0 Å². The average molecular weight is 181 g/mol. The third-order valence-corrected chi connectivity index (χ3v) is 1.79. The maximum atomic E-state index is 10.6. The first-order valence-electron chi connectivity index (χ1n) is 3.80. The molecule has 0 atom stereocenters. The summed E-state index contributed by atoms with van der Waals surface area (Å²) in [5.74, 6) is -0.636. The molecule has 70 valence electrons. The molecular formula is C9H11NO3. The van der Waals surface area contributed by atoms with E-state index in [2.05, 4.69) is 0 Å². The second-order valence-electron chi connectivity index (χ2n) is 2.90. The molecule has 0 heterocycles. The van der Waals surface area contributed by atoms with Gasteiger partial charge in [0.25, 0.3) is 0 Å². The molecule has 0 aromatic heterocycles. The van der Waals surface area contributed by atoms with Gasteiger partial charge in [-0.15, -0.1) is 0 Å². The minimum absolute atomic E-state index is 0.0159. The van der Waals surface area contributed by atoms with Gasteiger partial charge in [0.2, 0.25) is 5.91 Å². The smallest absolute Gasteiger partial charge is 0.221 e. The minimum atomic E-state index is -0.510. The zero-order valence-corrected chi connectivity index (χ0v) is 7.24. The fourth-order valence-corrected chi connectivity index (χ4v) is 1.18. The maximum absolute atomic E-state index is 10.6. The second-order valence-corrected chi connectivity index (χ2v) is 2.90. The van der Waals surface area contributed by atoms with Gasteiger partial charge in [0, 0.05) is 11.6 Å². The van der Waals surface area contributed by atoms with Gasteiger partial charge in [-0.3, -0.25) is 4.79 Å². The monoisotopic (exact) mass is 181 g/mol. The highest BCUT2D eigenvalue weighted by molar-refractivity contribution is 5.78. The second kappa shape index (κ2) is 3.35. The molecule has 1 amide bonds. The number of amides is 1. The summed E-state index contributed by atoms with van der Waals surface area (Å²) >= 11 is 0. The van der Waals surface area contributed by atoms with E-state index in [4.69, 9.17) is 10.8 Å². The molecule has 0 fully saturated rings. The molecule has 0 unspecified atom stereocenters. The van der Waals surface area contributed by atoms with Gasteiger partial charge in [-0.25, -0.2) is 0 Å². The Labute approximate surface area is 75.6 Å². The Morgan fingerprint density at radius 2 is 2.08 bits per heavy atom. The summed E-state index contributed by atoms with van der Waals surface area (Å²) in [5, 5.41) is 18.4. The Kier molecular flexibility index (Phi) is 2.41. The van der Waals surface area contributed by atoms with Crippen molar-refractivity contribution in [2.45, 2.75) is 13.3 Å². The maximum Gasteiger partial charge on any atom is 0.221 e. The molecule has 1 aromatic carbocycles. The molecule has 4 N–H and O–H groups in total. The Hall–Kier alpha value is -1.71. The standard InChI is InChI=1S/C9H11NO3/c1-5-2-6(11)3-8(12)7(5)4-9(10)13/h2-3,11-12H,4H2,1H3,(H2,10,13). The summed E-state index contributed by atoms with van der Waals surface area (Å²) in [5.41, 5.74) is 6.10. The van der Waals surface area contributed by atoms with E-state index in [1.165, 1.54) is 12.1 Å². The van der Waals surface area contributed by atoms with E-state index in [9.17, 15) is 9.90 Å². The lowest BCUT2D eigenvalue weighted by Gasteiger charge is -2.06. The number of aryl methyl sites for hydroxylation is 1. The molecule has 13 heavy (non-hydrogen) atoms. The van der Waals surface area contributed by atoms with E-state index in [0.717, 1.165) is 0 Å². The molecule has 0 bridgehead atoms. The van der Waals surface area contributed by atoms with Crippen molar-refractivity contribution < 1.29 is 15.0 Å². The molecule has 1 aromatic rings. The lowest BCUT2D eigenvalue weighted by Crippen LogP contribution is -2.14. The molecule has 0 saturated heterocycles. The number of phenolic OH excluding ortho intramolecular Hbond substituents is 2. The molecule has 1 rings (SSSR count). The number of aromatic hydroxyl groups is 2. The first-order chi connectivity index (χ1) is 6.00. The van der Waals surface area contributed by atoms with E-state index in [1.54, 1.807) is 6.92 Å². The van der Waals surface area contributed by atoms with Crippen molar-refractivity contribution in [1.29, 1.82) is 0 Å². The van der Waals surface area contributed by atoms with E-state index < -0.39 is 5.91 Å². The number of benzene rings is 1. The summed E-state index contributed by atoms with van der Waals surface area (Å²) in [4.78, 5) is 10.6. The number of carbonyl (C=O) groups excluding carboxylic acids is 1. The fourth-order valence-electron chi connectivity index (χ4n) is 1.18. The van der Waals surface area contributed by atoms with E-state index in [1.807, 2.05) is 0 Å². The summed E-state index contributed by atoms with van der Waals surface area (Å²) in [7, 11) is 0. The molecule has 0 saturated carbocycles. The van der Waals surface area contributed by atoms with Crippen LogP contribution in [0.25, 0.3) is 0 Å². The van der Waals surface area contributed by atoms with Crippen molar-refractivity contribution in [3.63, 3.8) is 0 Å². The van der Waals surface area contributed by atoms with Crippen molar-refractivity contribution in [1.82, 2.24) is 0 Å². The Morgan fingerprint density at radius 3 is 2.54 bits per heavy atom. The molecule has 4 nitrogen and oxygen atoms in total. The predicted molar refractivity (Wildman–Crippen MR) is 47.4 cm³/mol. The normalized spacial score (nSPS) is 9.92. The number of primary amides is 1. The van der Waals surface area contributed by atoms with Gasteiger partial charge in [-0.2, -0.15) is 0 Å². The minimum Gasteiger partial charge on any atom is -0.508 e. The van der Waals surface area contributed by atoms with E-state index >= 15 is 0 Å². The predicted octanol–water partition coefficient (Wildman–Crippen LogP) is 0.434. The first-order valence-corrected chi connectivity index (χ1v) is 3.80. The van der Waals surface area contributed by atoms with Crippen LogP contribution in [0.2, 0.25) is 0 Å². The summed E-state index contributed by atoms with van der Waals surface area (Å²) in [6, 6.07) is 2.66. The van der Waals surface area contributed by atoms with Crippen LogP contribution in [0.5, 0.6) is 11.5 Å². The Bertz CT molecular complexity index is 324. The molecule has 0 aliphatic carbocycles. The van der Waals surface area contributed by atoms with Crippen LogP contribution in [-0.2, 0) is 11.2 Å². The van der Waals surface area contributed by atoms with Crippen molar-refractivity contribution >= 4 is 5.91 Å². The average Bonchev–Trinajstić information content (AvgIpc) is 1.96. The Balaban J connectivity index is 3.13. The van der Waals surface area contributed by atoms with Crippen LogP contribution in [0, 0.1) is 6.92 Å². The molecule has 0 aliphatic rings. The van der Waals surface area contributed by atoms with Crippen molar-refractivity contribution in [3.05, 3.63) is 23.3 Å². The van der Waals surface area contributed by atoms with E-state index in [0.29, 0.717) is 11.1 Å². The number of hydrogen-bond acceptors (Lipinski definition) is 3. The lowest BCUT2D eigenvalue weighted by molar-refractivity contribution is -0.117. The first kappa shape index (κ1) is 9.38. The molecule has 0 radical (unpaired) electrons.